The van der Waals surface area contributed by atoms with Crippen molar-refractivity contribution in [3.05, 3.63) is 34.4 Å². The van der Waals surface area contributed by atoms with Crippen LogP contribution in [0.15, 0.2) is 28.7 Å². The molecule has 1 aromatic heterocycles. The van der Waals surface area contributed by atoms with E-state index in [-0.39, 0.29) is 0 Å². The minimum atomic E-state index is 0.299. The molecule has 2 nitrogen and oxygen atoms in total. The largest absolute Gasteiger partial charge is 0.343 e. The normalized spacial score (nSPS) is 20.3. The maximum atomic E-state index is 5.93. The molecule has 1 aliphatic heterocycles. The molecular formula is C11H11BrN2. The number of hydrogen-bond donors (Lipinski definition) is 1. The highest BCUT2D eigenvalue weighted by Crippen LogP contribution is 2.30. The molecule has 1 atom stereocenters. The second-order valence-electron chi connectivity index (χ2n) is 3.88. The molecule has 3 rings (SSSR count). The molecule has 1 aromatic carbocycles. The van der Waals surface area contributed by atoms with Crippen molar-refractivity contribution < 1.29 is 0 Å². The Bertz CT molecular complexity index is 501. The highest BCUT2D eigenvalue weighted by Gasteiger charge is 2.20. The lowest BCUT2D eigenvalue weighted by Crippen LogP contribution is -2.20. The summed E-state index contributed by atoms with van der Waals surface area (Å²) in [7, 11) is 0. The van der Waals surface area contributed by atoms with Crippen molar-refractivity contribution in [2.45, 2.75) is 19.0 Å². The lowest BCUT2D eigenvalue weighted by molar-refractivity contribution is 0.652. The first-order chi connectivity index (χ1) is 6.75. The molecule has 0 spiro atoms. The van der Waals surface area contributed by atoms with Crippen molar-refractivity contribution in [3.63, 3.8) is 0 Å². The third-order valence-electron chi connectivity index (χ3n) is 2.87. The van der Waals surface area contributed by atoms with Crippen molar-refractivity contribution in [1.29, 1.82) is 0 Å². The van der Waals surface area contributed by atoms with Crippen molar-refractivity contribution in [2.75, 3.05) is 0 Å². The summed E-state index contributed by atoms with van der Waals surface area (Å²) in [5, 5.41) is 1.30. The Balaban J connectivity index is 2.33. The van der Waals surface area contributed by atoms with E-state index in [0.29, 0.717) is 6.04 Å². The quantitative estimate of drug-likeness (QED) is 0.765. The van der Waals surface area contributed by atoms with Gasteiger partial charge in [0, 0.05) is 40.1 Å². The van der Waals surface area contributed by atoms with Gasteiger partial charge < -0.3 is 10.3 Å². The van der Waals surface area contributed by atoms with Gasteiger partial charge in [0.1, 0.15) is 0 Å². The van der Waals surface area contributed by atoms with Crippen LogP contribution in [-0.2, 0) is 13.0 Å². The summed E-state index contributed by atoms with van der Waals surface area (Å²) < 4.78 is 3.50. The van der Waals surface area contributed by atoms with E-state index in [9.17, 15) is 0 Å². The fraction of sp³-hybridized carbons (Fsp3) is 0.273. The number of aromatic nitrogens is 1. The van der Waals surface area contributed by atoms with Crippen LogP contribution in [0.3, 0.4) is 0 Å². The summed E-state index contributed by atoms with van der Waals surface area (Å²) in [5.41, 5.74) is 8.58. The average molecular weight is 251 g/mol. The molecule has 72 valence electrons. The van der Waals surface area contributed by atoms with E-state index >= 15 is 0 Å². The number of halogens is 1. The number of nitrogens with zero attached hydrogens (tertiary/aromatic N) is 1. The SMILES string of the molecule is NC1Cc2cc3c(Br)cccc3n2C1. The maximum Gasteiger partial charge on any atom is 0.0494 e. The predicted octanol–water partition coefficient (Wildman–Crippen LogP) is 2.29. The summed E-state index contributed by atoms with van der Waals surface area (Å²) >= 11 is 3.57. The first kappa shape index (κ1) is 8.50. The van der Waals surface area contributed by atoms with E-state index < -0.39 is 0 Å². The second kappa shape index (κ2) is 2.84. The molecule has 0 saturated heterocycles. The van der Waals surface area contributed by atoms with Gasteiger partial charge in [-0.25, -0.2) is 0 Å². The summed E-state index contributed by atoms with van der Waals surface area (Å²) in [5.74, 6) is 0. The van der Waals surface area contributed by atoms with Gasteiger partial charge in [0.2, 0.25) is 0 Å². The van der Waals surface area contributed by atoms with E-state index in [0.717, 1.165) is 13.0 Å². The van der Waals surface area contributed by atoms with Gasteiger partial charge >= 0.3 is 0 Å². The number of fused-ring (bicyclic) bond motifs is 3. The summed E-state index contributed by atoms with van der Waals surface area (Å²) in [6, 6.07) is 8.85. The van der Waals surface area contributed by atoms with Gasteiger partial charge in [0.15, 0.2) is 0 Å². The minimum absolute atomic E-state index is 0.299. The molecule has 14 heavy (non-hydrogen) atoms. The first-order valence-electron chi connectivity index (χ1n) is 4.78. The Morgan fingerprint density at radius 3 is 3.14 bits per heavy atom. The Labute approximate surface area is 90.8 Å². The standard InChI is InChI=1S/C11H11BrN2/c12-10-2-1-3-11-9(10)5-8-4-7(13)6-14(8)11/h1-3,5,7H,4,6,13H2. The highest BCUT2D eigenvalue weighted by molar-refractivity contribution is 9.10. The Morgan fingerprint density at radius 1 is 1.43 bits per heavy atom. The fourth-order valence-corrected chi connectivity index (χ4v) is 2.73. The third kappa shape index (κ3) is 1.06. The number of rotatable bonds is 0. The van der Waals surface area contributed by atoms with Crippen molar-refractivity contribution in [2.24, 2.45) is 5.73 Å². The van der Waals surface area contributed by atoms with Gasteiger partial charge in [-0.1, -0.05) is 22.0 Å². The van der Waals surface area contributed by atoms with E-state index in [1.807, 2.05) is 0 Å². The summed E-state index contributed by atoms with van der Waals surface area (Å²) in [6.07, 6.45) is 1.00. The number of nitrogens with two attached hydrogens (primary N) is 1. The van der Waals surface area contributed by atoms with Crippen molar-refractivity contribution in [1.82, 2.24) is 4.57 Å². The maximum absolute atomic E-state index is 5.93. The summed E-state index contributed by atoms with van der Waals surface area (Å²) in [4.78, 5) is 0. The Kier molecular flexibility index (Phi) is 1.73. The molecule has 1 aliphatic rings. The predicted molar refractivity (Wildman–Crippen MR) is 61.3 cm³/mol. The number of benzene rings is 1. The Morgan fingerprint density at radius 2 is 2.29 bits per heavy atom. The van der Waals surface area contributed by atoms with Crippen LogP contribution in [0.4, 0.5) is 0 Å². The van der Waals surface area contributed by atoms with E-state index in [2.05, 4.69) is 44.8 Å². The minimum Gasteiger partial charge on any atom is -0.343 e. The molecule has 2 heterocycles. The smallest absolute Gasteiger partial charge is 0.0494 e. The van der Waals surface area contributed by atoms with Crippen LogP contribution in [0.5, 0.6) is 0 Å². The average Bonchev–Trinajstić information content (AvgIpc) is 2.63. The lowest BCUT2D eigenvalue weighted by atomic mass is 10.2. The second-order valence-corrected chi connectivity index (χ2v) is 4.74. The van der Waals surface area contributed by atoms with Crippen LogP contribution < -0.4 is 5.73 Å². The van der Waals surface area contributed by atoms with Crippen LogP contribution in [0, 0.1) is 0 Å². The van der Waals surface area contributed by atoms with Crippen LogP contribution in [0.25, 0.3) is 10.9 Å². The molecule has 2 aromatic rings. The molecule has 0 fully saturated rings. The van der Waals surface area contributed by atoms with Crippen LogP contribution >= 0.6 is 15.9 Å². The van der Waals surface area contributed by atoms with E-state index in [4.69, 9.17) is 5.73 Å². The zero-order valence-corrected chi connectivity index (χ0v) is 9.29. The van der Waals surface area contributed by atoms with Crippen LogP contribution in [-0.4, -0.2) is 10.6 Å². The lowest BCUT2D eigenvalue weighted by Gasteiger charge is -2.03. The topological polar surface area (TPSA) is 30.9 Å². The van der Waals surface area contributed by atoms with Gasteiger partial charge in [-0.15, -0.1) is 0 Å². The van der Waals surface area contributed by atoms with Gasteiger partial charge in [0.25, 0.3) is 0 Å². The van der Waals surface area contributed by atoms with Gasteiger partial charge in [-0.3, -0.25) is 0 Å². The van der Waals surface area contributed by atoms with Gasteiger partial charge in [-0.05, 0) is 18.2 Å². The van der Waals surface area contributed by atoms with Crippen molar-refractivity contribution >= 4 is 26.8 Å². The molecule has 0 saturated carbocycles. The highest BCUT2D eigenvalue weighted by atomic mass is 79.9. The number of hydrogen-bond acceptors (Lipinski definition) is 1. The zero-order chi connectivity index (χ0) is 9.71. The summed E-state index contributed by atoms with van der Waals surface area (Å²) in [6.45, 7) is 0.954. The van der Waals surface area contributed by atoms with Crippen LogP contribution in [0.2, 0.25) is 0 Å². The molecular weight excluding hydrogens is 240 g/mol. The molecule has 0 radical (unpaired) electrons. The monoisotopic (exact) mass is 250 g/mol. The molecule has 2 N–H and O–H groups in total. The third-order valence-corrected chi connectivity index (χ3v) is 3.56. The molecule has 0 bridgehead atoms. The molecule has 3 heteroatoms. The first-order valence-corrected chi connectivity index (χ1v) is 5.57. The van der Waals surface area contributed by atoms with Gasteiger partial charge in [0.05, 0.1) is 0 Å². The van der Waals surface area contributed by atoms with Gasteiger partial charge in [-0.2, -0.15) is 0 Å². The van der Waals surface area contributed by atoms with E-state index in [1.54, 1.807) is 0 Å². The molecule has 0 amide bonds. The molecule has 0 aliphatic carbocycles. The van der Waals surface area contributed by atoms with Crippen molar-refractivity contribution in [3.8, 4) is 0 Å². The molecule has 1 unspecified atom stereocenters. The zero-order valence-electron chi connectivity index (χ0n) is 7.70. The van der Waals surface area contributed by atoms with Crippen LogP contribution in [0.1, 0.15) is 5.69 Å². The van der Waals surface area contributed by atoms with E-state index in [1.165, 1.54) is 21.1 Å². The fourth-order valence-electron chi connectivity index (χ4n) is 2.26. The Hall–Kier alpha value is -0.800.